The van der Waals surface area contributed by atoms with Gasteiger partial charge in [0, 0.05) is 19.6 Å². The van der Waals surface area contributed by atoms with Gasteiger partial charge in [-0.05, 0) is 35.9 Å². The molecule has 1 rings (SSSR count). The minimum absolute atomic E-state index is 0.329. The number of hydrogen-bond donors (Lipinski definition) is 1. The van der Waals surface area contributed by atoms with Gasteiger partial charge in [-0.1, -0.05) is 27.7 Å². The van der Waals surface area contributed by atoms with E-state index in [0.717, 1.165) is 25.1 Å². The fourth-order valence-electron chi connectivity index (χ4n) is 1.92. The van der Waals surface area contributed by atoms with Gasteiger partial charge >= 0.3 is 0 Å². The number of nitrogens with one attached hydrogen (secondary N) is 1. The van der Waals surface area contributed by atoms with E-state index >= 15 is 0 Å². The zero-order chi connectivity index (χ0) is 15.2. The molecule has 0 fully saturated rings. The van der Waals surface area contributed by atoms with E-state index in [4.69, 9.17) is 0 Å². The molecule has 0 aliphatic carbocycles. The van der Waals surface area contributed by atoms with Gasteiger partial charge in [0.05, 0.1) is 0 Å². The SMILES string of the molecule is CCCNCc1csc(S(=O)(=O)N(CC)CC(C)C)c1. The van der Waals surface area contributed by atoms with Crippen LogP contribution >= 0.6 is 11.3 Å². The first kappa shape index (κ1) is 17.6. The van der Waals surface area contributed by atoms with Crippen LogP contribution in [0.1, 0.15) is 39.7 Å². The van der Waals surface area contributed by atoms with Crippen molar-refractivity contribution in [1.82, 2.24) is 9.62 Å². The Balaban J connectivity index is 2.81. The second kappa shape index (κ2) is 8.12. The van der Waals surface area contributed by atoms with E-state index in [0.29, 0.717) is 23.2 Å². The van der Waals surface area contributed by atoms with Crippen LogP contribution in [0.5, 0.6) is 0 Å². The van der Waals surface area contributed by atoms with Gasteiger partial charge in [0.25, 0.3) is 10.0 Å². The van der Waals surface area contributed by atoms with E-state index < -0.39 is 10.0 Å². The normalized spacial score (nSPS) is 12.5. The van der Waals surface area contributed by atoms with Crippen molar-refractivity contribution in [3.63, 3.8) is 0 Å². The zero-order valence-electron chi connectivity index (χ0n) is 12.8. The van der Waals surface area contributed by atoms with E-state index in [1.54, 1.807) is 10.4 Å². The molecule has 0 aromatic carbocycles. The predicted octanol–water partition coefficient (Wildman–Crippen LogP) is 2.91. The Bertz CT molecular complexity index is 495. The number of sulfonamides is 1. The first-order valence-corrected chi connectivity index (χ1v) is 9.52. The van der Waals surface area contributed by atoms with Crippen molar-refractivity contribution in [3.05, 3.63) is 17.0 Å². The minimum Gasteiger partial charge on any atom is -0.313 e. The Kier molecular flexibility index (Phi) is 7.15. The fourth-order valence-corrected chi connectivity index (χ4v) is 4.90. The van der Waals surface area contributed by atoms with Crippen molar-refractivity contribution >= 4 is 21.4 Å². The number of hydrogen-bond acceptors (Lipinski definition) is 4. The second-order valence-corrected chi connectivity index (χ2v) is 8.38. The van der Waals surface area contributed by atoms with Crippen LogP contribution in [0.15, 0.2) is 15.7 Å². The smallest absolute Gasteiger partial charge is 0.252 e. The summed E-state index contributed by atoms with van der Waals surface area (Å²) in [5.41, 5.74) is 1.04. The average molecular weight is 319 g/mol. The molecule has 0 atom stereocenters. The third-order valence-corrected chi connectivity index (χ3v) is 6.31. The average Bonchev–Trinajstić information content (AvgIpc) is 2.85. The van der Waals surface area contributed by atoms with Crippen LogP contribution < -0.4 is 5.32 Å². The first-order chi connectivity index (χ1) is 9.41. The molecule has 0 aliphatic rings. The van der Waals surface area contributed by atoms with Crippen LogP contribution in [0.4, 0.5) is 0 Å². The summed E-state index contributed by atoms with van der Waals surface area (Å²) in [6, 6.07) is 1.80. The van der Waals surface area contributed by atoms with Gasteiger partial charge in [0.2, 0.25) is 0 Å². The van der Waals surface area contributed by atoms with E-state index in [2.05, 4.69) is 12.2 Å². The quantitative estimate of drug-likeness (QED) is 0.712. The van der Waals surface area contributed by atoms with Gasteiger partial charge < -0.3 is 5.32 Å². The fraction of sp³-hybridized carbons (Fsp3) is 0.714. The lowest BCUT2D eigenvalue weighted by Gasteiger charge is -2.21. The number of nitrogens with zero attached hydrogens (tertiary/aromatic N) is 1. The molecular weight excluding hydrogens is 292 g/mol. The highest BCUT2D eigenvalue weighted by atomic mass is 32.2. The van der Waals surface area contributed by atoms with Crippen molar-refractivity contribution < 1.29 is 8.42 Å². The van der Waals surface area contributed by atoms with Crippen LogP contribution in [0.3, 0.4) is 0 Å². The zero-order valence-corrected chi connectivity index (χ0v) is 14.5. The topological polar surface area (TPSA) is 49.4 Å². The summed E-state index contributed by atoms with van der Waals surface area (Å²) in [5.74, 6) is 0.329. The Hall–Kier alpha value is -0.430. The van der Waals surface area contributed by atoms with Crippen LogP contribution in [0, 0.1) is 5.92 Å². The molecule has 1 aromatic heterocycles. The summed E-state index contributed by atoms with van der Waals surface area (Å²) in [6.07, 6.45) is 1.08. The lowest BCUT2D eigenvalue weighted by Crippen LogP contribution is -2.33. The molecule has 4 nitrogen and oxygen atoms in total. The summed E-state index contributed by atoms with van der Waals surface area (Å²) in [5, 5.41) is 5.22. The van der Waals surface area contributed by atoms with E-state index in [1.807, 2.05) is 26.2 Å². The molecule has 0 bridgehead atoms. The molecular formula is C14H26N2O2S2. The Morgan fingerprint density at radius 3 is 2.60 bits per heavy atom. The lowest BCUT2D eigenvalue weighted by molar-refractivity contribution is 0.382. The van der Waals surface area contributed by atoms with Crippen LogP contribution in [-0.2, 0) is 16.6 Å². The number of thiophene rings is 1. The van der Waals surface area contributed by atoms with Crippen LogP contribution in [0.2, 0.25) is 0 Å². The van der Waals surface area contributed by atoms with Crippen LogP contribution in [-0.4, -0.2) is 32.4 Å². The second-order valence-electron chi connectivity index (χ2n) is 5.30. The molecule has 0 aliphatic heterocycles. The summed E-state index contributed by atoms with van der Waals surface area (Å²) in [7, 11) is -3.33. The highest BCUT2D eigenvalue weighted by molar-refractivity contribution is 7.91. The maximum Gasteiger partial charge on any atom is 0.252 e. The number of rotatable bonds is 9. The molecule has 0 amide bonds. The van der Waals surface area contributed by atoms with Crippen molar-refractivity contribution in [2.75, 3.05) is 19.6 Å². The van der Waals surface area contributed by atoms with E-state index in [9.17, 15) is 8.42 Å². The summed E-state index contributed by atoms with van der Waals surface area (Å²) < 4.78 is 27.1. The monoisotopic (exact) mass is 318 g/mol. The predicted molar refractivity (Wildman–Crippen MR) is 85.6 cm³/mol. The lowest BCUT2D eigenvalue weighted by atomic mass is 10.2. The third kappa shape index (κ3) is 4.84. The largest absolute Gasteiger partial charge is 0.313 e. The minimum atomic E-state index is -3.33. The molecule has 0 saturated heterocycles. The molecule has 20 heavy (non-hydrogen) atoms. The highest BCUT2D eigenvalue weighted by Gasteiger charge is 2.25. The van der Waals surface area contributed by atoms with Gasteiger partial charge in [0.15, 0.2) is 0 Å². The standard InChI is InChI=1S/C14H26N2O2S2/c1-5-7-15-9-13-8-14(19-11-13)20(17,18)16(6-2)10-12(3)4/h8,11-12,15H,5-7,9-10H2,1-4H3. The van der Waals surface area contributed by atoms with Gasteiger partial charge in [-0.15, -0.1) is 11.3 Å². The molecule has 1 N–H and O–H groups in total. The van der Waals surface area contributed by atoms with Crippen molar-refractivity contribution in [3.8, 4) is 0 Å². The molecule has 116 valence electrons. The van der Waals surface area contributed by atoms with Crippen molar-refractivity contribution in [1.29, 1.82) is 0 Å². The maximum absolute atomic E-state index is 12.6. The molecule has 0 saturated carbocycles. The van der Waals surface area contributed by atoms with Gasteiger partial charge in [0.1, 0.15) is 4.21 Å². The molecule has 0 spiro atoms. The molecule has 0 radical (unpaired) electrons. The summed E-state index contributed by atoms with van der Waals surface area (Å²) in [6.45, 7) is 10.8. The highest BCUT2D eigenvalue weighted by Crippen LogP contribution is 2.24. The molecule has 6 heteroatoms. The molecule has 1 aromatic rings. The van der Waals surface area contributed by atoms with Gasteiger partial charge in [-0.2, -0.15) is 4.31 Å². The van der Waals surface area contributed by atoms with Crippen LogP contribution in [0.25, 0.3) is 0 Å². The molecule has 0 unspecified atom stereocenters. The first-order valence-electron chi connectivity index (χ1n) is 7.20. The Morgan fingerprint density at radius 1 is 1.35 bits per heavy atom. The van der Waals surface area contributed by atoms with Gasteiger partial charge in [-0.25, -0.2) is 8.42 Å². The Morgan fingerprint density at radius 2 is 2.05 bits per heavy atom. The summed E-state index contributed by atoms with van der Waals surface area (Å²) in [4.78, 5) is 0. The van der Waals surface area contributed by atoms with Crippen molar-refractivity contribution in [2.24, 2.45) is 5.92 Å². The maximum atomic E-state index is 12.6. The third-order valence-electron chi connectivity index (χ3n) is 2.90. The van der Waals surface area contributed by atoms with E-state index in [-0.39, 0.29) is 0 Å². The Labute approximate surface area is 127 Å². The summed E-state index contributed by atoms with van der Waals surface area (Å²) >= 11 is 1.32. The van der Waals surface area contributed by atoms with E-state index in [1.165, 1.54) is 11.3 Å². The van der Waals surface area contributed by atoms with Crippen molar-refractivity contribution in [2.45, 2.75) is 44.9 Å². The van der Waals surface area contributed by atoms with Gasteiger partial charge in [-0.3, -0.25) is 0 Å². The molecule has 1 heterocycles.